The van der Waals surface area contributed by atoms with E-state index < -0.39 is 0 Å². The van der Waals surface area contributed by atoms with Crippen LogP contribution in [0.2, 0.25) is 5.02 Å². The van der Waals surface area contributed by atoms with Crippen molar-refractivity contribution >= 4 is 11.6 Å². The van der Waals surface area contributed by atoms with E-state index in [1.807, 2.05) is 0 Å². The van der Waals surface area contributed by atoms with Crippen LogP contribution >= 0.6 is 11.6 Å². The van der Waals surface area contributed by atoms with Gasteiger partial charge in [-0.25, -0.2) is 4.68 Å². The molecule has 1 N–H and O–H groups in total. The van der Waals surface area contributed by atoms with E-state index in [9.17, 15) is 0 Å². The SMILES string of the molecule is OCc1cc(Cl)ccc1-n1cnnn1. The van der Waals surface area contributed by atoms with E-state index >= 15 is 0 Å². The molecule has 2 aromatic rings. The molecule has 0 atom stereocenters. The highest BCUT2D eigenvalue weighted by molar-refractivity contribution is 6.30. The van der Waals surface area contributed by atoms with Gasteiger partial charge in [0.15, 0.2) is 0 Å². The van der Waals surface area contributed by atoms with Crippen molar-refractivity contribution in [2.45, 2.75) is 6.61 Å². The van der Waals surface area contributed by atoms with Gasteiger partial charge in [-0.15, -0.1) is 5.10 Å². The number of nitrogens with zero attached hydrogens (tertiary/aromatic N) is 4. The Bertz CT molecular complexity index is 429. The van der Waals surface area contributed by atoms with Crippen LogP contribution in [0.15, 0.2) is 24.5 Å². The van der Waals surface area contributed by atoms with Crippen molar-refractivity contribution in [3.05, 3.63) is 35.1 Å². The van der Waals surface area contributed by atoms with E-state index in [-0.39, 0.29) is 6.61 Å². The average molecular weight is 211 g/mol. The van der Waals surface area contributed by atoms with E-state index in [1.54, 1.807) is 18.2 Å². The Morgan fingerprint density at radius 1 is 1.43 bits per heavy atom. The van der Waals surface area contributed by atoms with Crippen LogP contribution in [0.4, 0.5) is 0 Å². The van der Waals surface area contributed by atoms with Crippen LogP contribution in [0, 0.1) is 0 Å². The molecule has 1 aromatic heterocycles. The van der Waals surface area contributed by atoms with Crippen LogP contribution in [0.1, 0.15) is 5.56 Å². The second kappa shape index (κ2) is 3.73. The summed E-state index contributed by atoms with van der Waals surface area (Å²) in [7, 11) is 0. The van der Waals surface area contributed by atoms with Crippen LogP contribution in [-0.2, 0) is 6.61 Å². The van der Waals surface area contributed by atoms with Gasteiger partial charge in [-0.2, -0.15) is 0 Å². The fourth-order valence-corrected chi connectivity index (χ4v) is 1.37. The maximum absolute atomic E-state index is 9.10. The molecule has 0 aliphatic heterocycles. The first-order valence-corrected chi connectivity index (χ1v) is 4.31. The van der Waals surface area contributed by atoms with Crippen LogP contribution in [0.25, 0.3) is 5.69 Å². The fourth-order valence-electron chi connectivity index (χ4n) is 1.18. The van der Waals surface area contributed by atoms with Crippen LogP contribution in [0.3, 0.4) is 0 Å². The largest absolute Gasteiger partial charge is 0.392 e. The maximum atomic E-state index is 9.10. The third-order valence-electron chi connectivity index (χ3n) is 1.81. The third kappa shape index (κ3) is 1.59. The molecule has 0 amide bonds. The van der Waals surface area contributed by atoms with Crippen molar-refractivity contribution in [1.82, 2.24) is 20.2 Å². The number of hydrogen-bond acceptors (Lipinski definition) is 4. The number of aliphatic hydroxyl groups is 1. The number of benzene rings is 1. The summed E-state index contributed by atoms with van der Waals surface area (Å²) < 4.78 is 1.47. The number of tetrazole rings is 1. The van der Waals surface area contributed by atoms with Crippen LogP contribution in [-0.4, -0.2) is 25.3 Å². The Labute approximate surface area is 84.9 Å². The van der Waals surface area contributed by atoms with Crippen molar-refractivity contribution in [3.63, 3.8) is 0 Å². The first-order chi connectivity index (χ1) is 6.81. The topological polar surface area (TPSA) is 63.8 Å². The van der Waals surface area contributed by atoms with Gasteiger partial charge in [0, 0.05) is 10.6 Å². The molecule has 14 heavy (non-hydrogen) atoms. The lowest BCUT2D eigenvalue weighted by molar-refractivity contribution is 0.281. The molecule has 0 aliphatic carbocycles. The maximum Gasteiger partial charge on any atom is 0.143 e. The Hall–Kier alpha value is -1.46. The molecular weight excluding hydrogens is 204 g/mol. The van der Waals surface area contributed by atoms with Gasteiger partial charge >= 0.3 is 0 Å². The summed E-state index contributed by atoms with van der Waals surface area (Å²) in [6.07, 6.45) is 1.46. The molecule has 0 saturated heterocycles. The van der Waals surface area contributed by atoms with Gasteiger partial charge in [0.2, 0.25) is 0 Å². The molecule has 0 bridgehead atoms. The second-order valence-electron chi connectivity index (χ2n) is 2.69. The van der Waals surface area contributed by atoms with E-state index in [0.717, 1.165) is 5.69 Å². The van der Waals surface area contributed by atoms with Gasteiger partial charge in [-0.1, -0.05) is 11.6 Å². The van der Waals surface area contributed by atoms with Crippen molar-refractivity contribution in [3.8, 4) is 5.69 Å². The summed E-state index contributed by atoms with van der Waals surface area (Å²) in [6.45, 7) is -0.101. The highest BCUT2D eigenvalue weighted by Gasteiger charge is 2.05. The Balaban J connectivity index is 2.53. The first kappa shape index (κ1) is 9.11. The summed E-state index contributed by atoms with van der Waals surface area (Å²) in [4.78, 5) is 0. The van der Waals surface area contributed by atoms with Crippen LogP contribution < -0.4 is 0 Å². The zero-order chi connectivity index (χ0) is 9.97. The lowest BCUT2D eigenvalue weighted by atomic mass is 10.2. The number of rotatable bonds is 2. The number of aromatic nitrogens is 4. The predicted octanol–water partition coefficient (Wildman–Crippen LogP) is 0.808. The number of aliphatic hydroxyl groups excluding tert-OH is 1. The smallest absolute Gasteiger partial charge is 0.143 e. The molecule has 0 unspecified atom stereocenters. The zero-order valence-electron chi connectivity index (χ0n) is 7.13. The summed E-state index contributed by atoms with van der Waals surface area (Å²) in [5, 5.41) is 20.4. The number of hydrogen-bond donors (Lipinski definition) is 1. The molecule has 0 saturated carbocycles. The first-order valence-electron chi connectivity index (χ1n) is 3.94. The minimum absolute atomic E-state index is 0.101. The van der Waals surface area contributed by atoms with Gasteiger partial charge in [0.25, 0.3) is 0 Å². The monoisotopic (exact) mass is 210 g/mol. The predicted molar refractivity (Wildman–Crippen MR) is 50.1 cm³/mol. The summed E-state index contributed by atoms with van der Waals surface area (Å²) in [6, 6.07) is 5.15. The van der Waals surface area contributed by atoms with Gasteiger partial charge < -0.3 is 5.11 Å². The number of halogens is 1. The van der Waals surface area contributed by atoms with E-state index in [4.69, 9.17) is 16.7 Å². The molecule has 72 valence electrons. The molecular formula is C8H7ClN4O. The molecule has 1 aromatic carbocycles. The van der Waals surface area contributed by atoms with Crippen molar-refractivity contribution in [1.29, 1.82) is 0 Å². The van der Waals surface area contributed by atoms with Gasteiger partial charge in [-0.05, 0) is 28.6 Å². The Kier molecular flexibility index (Phi) is 2.43. The molecule has 2 rings (SSSR count). The minimum atomic E-state index is -0.101. The van der Waals surface area contributed by atoms with Crippen LogP contribution in [0.5, 0.6) is 0 Å². The van der Waals surface area contributed by atoms with Crippen molar-refractivity contribution < 1.29 is 5.11 Å². The molecule has 5 nitrogen and oxygen atoms in total. The minimum Gasteiger partial charge on any atom is -0.392 e. The van der Waals surface area contributed by atoms with Crippen molar-refractivity contribution in [2.75, 3.05) is 0 Å². The summed E-state index contributed by atoms with van der Waals surface area (Å²) in [5.41, 5.74) is 1.41. The highest BCUT2D eigenvalue weighted by atomic mass is 35.5. The Morgan fingerprint density at radius 2 is 2.29 bits per heavy atom. The second-order valence-corrected chi connectivity index (χ2v) is 3.12. The third-order valence-corrected chi connectivity index (χ3v) is 2.04. The fraction of sp³-hybridized carbons (Fsp3) is 0.125. The molecule has 1 heterocycles. The highest BCUT2D eigenvalue weighted by Crippen LogP contribution is 2.18. The molecule has 6 heteroatoms. The average Bonchev–Trinajstić information content (AvgIpc) is 2.70. The lowest BCUT2D eigenvalue weighted by Crippen LogP contribution is -2.00. The van der Waals surface area contributed by atoms with E-state index in [0.29, 0.717) is 10.6 Å². The van der Waals surface area contributed by atoms with Gasteiger partial charge in [-0.3, -0.25) is 0 Å². The van der Waals surface area contributed by atoms with E-state index in [2.05, 4.69) is 15.5 Å². The lowest BCUT2D eigenvalue weighted by Gasteiger charge is -2.05. The normalized spacial score (nSPS) is 10.4. The standard InChI is InChI=1S/C8H7ClN4O/c9-7-1-2-8(6(3-7)4-14)13-5-10-11-12-13/h1-3,5,14H,4H2. The van der Waals surface area contributed by atoms with Gasteiger partial charge in [0.05, 0.1) is 12.3 Å². The summed E-state index contributed by atoms with van der Waals surface area (Å²) >= 11 is 5.78. The molecule has 0 aliphatic rings. The molecule has 0 fully saturated rings. The molecule has 0 radical (unpaired) electrons. The van der Waals surface area contributed by atoms with Crippen molar-refractivity contribution in [2.24, 2.45) is 0 Å². The molecule has 0 spiro atoms. The Morgan fingerprint density at radius 3 is 2.93 bits per heavy atom. The van der Waals surface area contributed by atoms with E-state index in [1.165, 1.54) is 11.0 Å². The zero-order valence-corrected chi connectivity index (χ0v) is 7.89. The quantitative estimate of drug-likeness (QED) is 0.797. The van der Waals surface area contributed by atoms with Gasteiger partial charge in [0.1, 0.15) is 6.33 Å². The summed E-state index contributed by atoms with van der Waals surface area (Å²) in [5.74, 6) is 0.